The van der Waals surface area contributed by atoms with Gasteiger partial charge in [-0.2, -0.15) is 13.2 Å². The Hall–Kier alpha value is -1.52. The van der Waals surface area contributed by atoms with E-state index in [1.54, 1.807) is 6.92 Å². The van der Waals surface area contributed by atoms with Crippen LogP contribution in [0.25, 0.3) is 0 Å². The van der Waals surface area contributed by atoms with E-state index in [0.29, 0.717) is 0 Å². The molecule has 0 spiro atoms. The summed E-state index contributed by atoms with van der Waals surface area (Å²) in [5.41, 5.74) is -1.54. The van der Waals surface area contributed by atoms with Gasteiger partial charge in [0.2, 0.25) is 0 Å². The van der Waals surface area contributed by atoms with Gasteiger partial charge in [0.1, 0.15) is 0 Å². The SMILES string of the molecule is CC1(c2ccccc2C(F)(F)F)CC1C(=O)O. The smallest absolute Gasteiger partial charge is 0.416 e. The molecular formula is C12H11F3O2. The van der Waals surface area contributed by atoms with E-state index < -0.39 is 29.0 Å². The maximum atomic E-state index is 12.8. The van der Waals surface area contributed by atoms with E-state index in [9.17, 15) is 18.0 Å². The number of hydrogen-bond acceptors (Lipinski definition) is 1. The van der Waals surface area contributed by atoms with Crippen molar-refractivity contribution in [2.45, 2.75) is 24.9 Å². The summed E-state index contributed by atoms with van der Waals surface area (Å²) < 4.78 is 38.4. The summed E-state index contributed by atoms with van der Waals surface area (Å²) in [6.07, 6.45) is -4.18. The zero-order valence-corrected chi connectivity index (χ0v) is 9.08. The van der Waals surface area contributed by atoms with Gasteiger partial charge < -0.3 is 5.11 Å². The molecule has 1 aromatic rings. The first-order valence-electron chi connectivity index (χ1n) is 5.16. The number of aliphatic carboxylic acids is 1. The number of alkyl halides is 3. The van der Waals surface area contributed by atoms with Crippen LogP contribution in [0.4, 0.5) is 13.2 Å². The van der Waals surface area contributed by atoms with Gasteiger partial charge >= 0.3 is 12.1 Å². The summed E-state index contributed by atoms with van der Waals surface area (Å²) in [5, 5.41) is 8.86. The van der Waals surface area contributed by atoms with Crippen LogP contribution in [0.1, 0.15) is 24.5 Å². The van der Waals surface area contributed by atoms with Gasteiger partial charge in [0, 0.05) is 5.41 Å². The molecule has 92 valence electrons. The molecule has 2 rings (SSSR count). The number of carboxylic acid groups (broad SMARTS) is 1. The maximum absolute atomic E-state index is 12.8. The molecule has 1 aliphatic rings. The highest BCUT2D eigenvalue weighted by Crippen LogP contribution is 2.56. The summed E-state index contributed by atoms with van der Waals surface area (Å²) in [6.45, 7) is 1.57. The van der Waals surface area contributed by atoms with Crippen LogP contribution in [0.2, 0.25) is 0 Å². The maximum Gasteiger partial charge on any atom is 0.416 e. The molecule has 17 heavy (non-hydrogen) atoms. The fourth-order valence-electron chi connectivity index (χ4n) is 2.25. The van der Waals surface area contributed by atoms with Crippen LogP contribution in [0.3, 0.4) is 0 Å². The predicted octanol–water partition coefficient (Wildman–Crippen LogP) is 3.07. The van der Waals surface area contributed by atoms with Gasteiger partial charge in [-0.25, -0.2) is 0 Å². The molecule has 1 aromatic carbocycles. The highest BCUT2D eigenvalue weighted by atomic mass is 19.4. The largest absolute Gasteiger partial charge is 0.481 e. The molecule has 0 aromatic heterocycles. The first-order valence-corrected chi connectivity index (χ1v) is 5.16. The number of hydrogen-bond donors (Lipinski definition) is 1. The van der Waals surface area contributed by atoms with Crippen LogP contribution in [-0.4, -0.2) is 11.1 Å². The van der Waals surface area contributed by atoms with Crippen molar-refractivity contribution < 1.29 is 23.1 Å². The van der Waals surface area contributed by atoms with Gasteiger partial charge in [0.25, 0.3) is 0 Å². The highest BCUT2D eigenvalue weighted by Gasteiger charge is 2.58. The fraction of sp³-hybridized carbons (Fsp3) is 0.417. The minimum atomic E-state index is -4.44. The van der Waals surface area contributed by atoms with Crippen molar-refractivity contribution in [2.75, 3.05) is 0 Å². The van der Waals surface area contributed by atoms with E-state index in [-0.39, 0.29) is 12.0 Å². The molecule has 0 radical (unpaired) electrons. The third kappa shape index (κ3) is 1.90. The van der Waals surface area contributed by atoms with Gasteiger partial charge in [0.15, 0.2) is 0 Å². The molecule has 1 fully saturated rings. The van der Waals surface area contributed by atoms with Crippen LogP contribution in [0.15, 0.2) is 24.3 Å². The third-order valence-corrected chi connectivity index (χ3v) is 3.38. The number of halogens is 3. The minimum Gasteiger partial charge on any atom is -0.481 e. The lowest BCUT2D eigenvalue weighted by Gasteiger charge is -2.17. The lowest BCUT2D eigenvalue weighted by Crippen LogP contribution is -2.17. The molecule has 1 saturated carbocycles. The van der Waals surface area contributed by atoms with Crippen LogP contribution in [0, 0.1) is 5.92 Å². The Labute approximate surface area is 96.1 Å². The molecule has 5 heteroatoms. The van der Waals surface area contributed by atoms with Crippen LogP contribution < -0.4 is 0 Å². The Morgan fingerprint density at radius 2 is 2.00 bits per heavy atom. The topological polar surface area (TPSA) is 37.3 Å². The molecule has 2 unspecified atom stereocenters. The Balaban J connectivity index is 2.45. The molecule has 0 bridgehead atoms. The zero-order chi connectivity index (χ0) is 12.8. The monoisotopic (exact) mass is 244 g/mol. The number of benzene rings is 1. The van der Waals surface area contributed by atoms with Gasteiger partial charge in [-0.05, 0) is 18.1 Å². The number of rotatable bonds is 2. The van der Waals surface area contributed by atoms with Crippen LogP contribution in [0.5, 0.6) is 0 Å². The normalized spacial score (nSPS) is 27.9. The summed E-state index contributed by atoms with van der Waals surface area (Å²) in [6, 6.07) is 5.18. The van der Waals surface area contributed by atoms with Gasteiger partial charge in [-0.3, -0.25) is 4.79 Å². The minimum absolute atomic E-state index is 0.0832. The Kier molecular flexibility index (Phi) is 2.45. The number of carbonyl (C=O) groups is 1. The molecule has 0 heterocycles. The average Bonchev–Trinajstić information content (AvgIpc) is 2.91. The summed E-state index contributed by atoms with van der Waals surface area (Å²) in [5.74, 6) is -1.75. The zero-order valence-electron chi connectivity index (χ0n) is 9.08. The van der Waals surface area contributed by atoms with Gasteiger partial charge in [-0.1, -0.05) is 25.1 Å². The second-order valence-electron chi connectivity index (χ2n) is 4.56. The lowest BCUT2D eigenvalue weighted by molar-refractivity contribution is -0.141. The standard InChI is InChI=1S/C12H11F3O2/c1-11(6-9(11)10(16)17)7-4-2-3-5-8(7)12(13,14)15/h2-5,9H,6H2,1H3,(H,16,17). The molecule has 2 atom stereocenters. The Bertz CT molecular complexity index is 467. The molecule has 0 aliphatic heterocycles. The van der Waals surface area contributed by atoms with E-state index in [0.717, 1.165) is 6.07 Å². The second kappa shape index (κ2) is 3.48. The van der Waals surface area contributed by atoms with Crippen molar-refractivity contribution >= 4 is 5.97 Å². The first-order chi connectivity index (χ1) is 7.77. The quantitative estimate of drug-likeness (QED) is 0.868. The first kappa shape index (κ1) is 12.0. The molecule has 2 nitrogen and oxygen atoms in total. The Morgan fingerprint density at radius 1 is 1.41 bits per heavy atom. The summed E-state index contributed by atoms with van der Waals surface area (Å²) in [4.78, 5) is 10.8. The Morgan fingerprint density at radius 3 is 2.47 bits per heavy atom. The van der Waals surface area contributed by atoms with Crippen molar-refractivity contribution in [3.63, 3.8) is 0 Å². The summed E-state index contributed by atoms with van der Waals surface area (Å²) >= 11 is 0. The third-order valence-electron chi connectivity index (χ3n) is 3.38. The van der Waals surface area contributed by atoms with Crippen LogP contribution in [-0.2, 0) is 16.4 Å². The van der Waals surface area contributed by atoms with Crippen molar-refractivity contribution in [1.82, 2.24) is 0 Å². The van der Waals surface area contributed by atoms with E-state index in [2.05, 4.69) is 0 Å². The van der Waals surface area contributed by atoms with Gasteiger partial charge in [-0.15, -0.1) is 0 Å². The number of carboxylic acids is 1. The summed E-state index contributed by atoms with van der Waals surface area (Å²) in [7, 11) is 0. The van der Waals surface area contributed by atoms with Crippen LogP contribution >= 0.6 is 0 Å². The van der Waals surface area contributed by atoms with Crippen molar-refractivity contribution in [3.05, 3.63) is 35.4 Å². The molecule has 0 amide bonds. The fourth-order valence-corrected chi connectivity index (χ4v) is 2.25. The van der Waals surface area contributed by atoms with Crippen molar-refractivity contribution in [3.8, 4) is 0 Å². The van der Waals surface area contributed by atoms with E-state index in [1.807, 2.05) is 0 Å². The molecule has 1 N–H and O–H groups in total. The predicted molar refractivity (Wildman–Crippen MR) is 54.5 cm³/mol. The lowest BCUT2D eigenvalue weighted by atomic mass is 9.90. The van der Waals surface area contributed by atoms with E-state index >= 15 is 0 Å². The van der Waals surface area contributed by atoms with Crippen molar-refractivity contribution in [2.24, 2.45) is 5.92 Å². The molecular weight excluding hydrogens is 233 g/mol. The van der Waals surface area contributed by atoms with Gasteiger partial charge in [0.05, 0.1) is 11.5 Å². The molecule has 1 aliphatic carbocycles. The van der Waals surface area contributed by atoms with E-state index in [1.165, 1.54) is 18.2 Å². The molecule has 0 saturated heterocycles. The average molecular weight is 244 g/mol. The highest BCUT2D eigenvalue weighted by molar-refractivity contribution is 5.77. The van der Waals surface area contributed by atoms with E-state index in [4.69, 9.17) is 5.11 Å². The van der Waals surface area contributed by atoms with Crippen molar-refractivity contribution in [1.29, 1.82) is 0 Å². The second-order valence-corrected chi connectivity index (χ2v) is 4.56.